The van der Waals surface area contributed by atoms with Crippen LogP contribution in [0, 0.1) is 17.1 Å². The predicted molar refractivity (Wildman–Crippen MR) is 95.4 cm³/mol. The minimum atomic E-state index is -0.370. The lowest BCUT2D eigenvalue weighted by Crippen LogP contribution is -2.16. The number of para-hydroxylation sites is 1. The average Bonchev–Trinajstić information content (AvgIpc) is 3.42. The highest BCUT2D eigenvalue weighted by Crippen LogP contribution is 2.48. The van der Waals surface area contributed by atoms with Gasteiger partial charge in [0, 0.05) is 17.5 Å². The molecule has 0 amide bonds. The van der Waals surface area contributed by atoms with Crippen LogP contribution < -0.4 is 16.0 Å². The number of nitrogens with zero attached hydrogens (tertiary/aromatic N) is 3. The summed E-state index contributed by atoms with van der Waals surface area (Å²) in [5.74, 6) is 0.614. The van der Waals surface area contributed by atoms with Gasteiger partial charge in [-0.25, -0.2) is 14.4 Å². The van der Waals surface area contributed by atoms with E-state index in [2.05, 4.69) is 19.9 Å². The second kappa shape index (κ2) is 6.21. The number of aromatic nitrogens is 3. The number of benzene rings is 1. The van der Waals surface area contributed by atoms with E-state index in [1.54, 1.807) is 19.4 Å². The Bertz CT molecular complexity index is 1080. The summed E-state index contributed by atoms with van der Waals surface area (Å²) in [5, 5.41) is 9.04. The third-order valence-electron chi connectivity index (χ3n) is 4.48. The van der Waals surface area contributed by atoms with Gasteiger partial charge < -0.3 is 15.5 Å². The molecule has 1 fully saturated rings. The molecular weight excluding hydrogens is 335 g/mol. The number of rotatable bonds is 3. The number of methoxy groups -OCH3 is 1. The number of H-pyrrole nitrogens is 1. The number of hydrogen-bond donors (Lipinski definition) is 3. The molecule has 1 saturated carbocycles. The summed E-state index contributed by atoms with van der Waals surface area (Å²) in [6.07, 6.45) is 3.55. The average molecular weight is 352 g/mol. The fourth-order valence-electron chi connectivity index (χ4n) is 3.12. The number of nitrogens with one attached hydrogen (secondary N) is 2. The summed E-state index contributed by atoms with van der Waals surface area (Å²) in [5.41, 5.74) is 7.68. The van der Waals surface area contributed by atoms with E-state index >= 15 is 0 Å². The zero-order chi connectivity index (χ0) is 18.3. The molecule has 2 heterocycles. The number of hydrogen-bond acceptors (Lipinski definition) is 5. The van der Waals surface area contributed by atoms with Crippen molar-refractivity contribution in [2.45, 2.75) is 12.3 Å². The number of amidine groups is 1. The van der Waals surface area contributed by atoms with Gasteiger partial charge in [0.25, 0.3) is 0 Å². The molecular formula is C18H17FN6O. The highest BCUT2D eigenvalue weighted by molar-refractivity contribution is 5.89. The Labute approximate surface area is 148 Å². The van der Waals surface area contributed by atoms with Gasteiger partial charge in [-0.05, 0) is 36.1 Å². The summed E-state index contributed by atoms with van der Waals surface area (Å²) >= 11 is 0. The number of nitrogens with two attached hydrogens (primary N) is 1. The van der Waals surface area contributed by atoms with E-state index in [1.165, 1.54) is 12.3 Å². The number of fused-ring (bicyclic) bond motifs is 1. The molecule has 2 atom stereocenters. The molecule has 4 N–H and O–H groups in total. The molecule has 0 radical (unpaired) electrons. The standard InChI is InChI=1S/C18H17FN6O/c1-26-14-4-2-3-11-15(14)23-18(21)25-17(11)24-16(20)13-6-12(13)9-5-10(19)8-22-7-9/h2-5,7-8,12-13H,6H2,1H3,(H4,20,21,23,24,25). The number of nitrogen functional groups attached to an aromatic ring is 1. The van der Waals surface area contributed by atoms with Crippen molar-refractivity contribution in [3.05, 3.63) is 53.5 Å². The van der Waals surface area contributed by atoms with E-state index in [-0.39, 0.29) is 29.4 Å². The molecule has 3 aromatic rings. The fourth-order valence-corrected chi connectivity index (χ4v) is 3.12. The van der Waals surface area contributed by atoms with Crippen LogP contribution >= 0.6 is 0 Å². The molecule has 26 heavy (non-hydrogen) atoms. The number of halogens is 1. The molecule has 0 aliphatic heterocycles. The molecule has 4 rings (SSSR count). The largest absolute Gasteiger partial charge is 0.494 e. The summed E-state index contributed by atoms with van der Waals surface area (Å²) in [4.78, 5) is 15.5. The SMILES string of the molecule is COc1cccc2/c(=N/C(=N)C3CC3c3cncc(F)c3)[nH]c(N)nc12. The van der Waals surface area contributed by atoms with Crippen molar-refractivity contribution in [3.63, 3.8) is 0 Å². The van der Waals surface area contributed by atoms with Crippen molar-refractivity contribution in [1.29, 1.82) is 5.41 Å². The molecule has 2 aromatic heterocycles. The lowest BCUT2D eigenvalue weighted by molar-refractivity contribution is 0.419. The van der Waals surface area contributed by atoms with Crippen molar-refractivity contribution < 1.29 is 9.13 Å². The third kappa shape index (κ3) is 2.90. The molecule has 1 aromatic carbocycles. The second-order valence-corrected chi connectivity index (χ2v) is 6.21. The lowest BCUT2D eigenvalue weighted by atomic mass is 10.1. The van der Waals surface area contributed by atoms with E-state index in [1.807, 2.05) is 12.1 Å². The molecule has 0 saturated heterocycles. The molecule has 2 unspecified atom stereocenters. The summed E-state index contributed by atoms with van der Waals surface area (Å²) in [6.45, 7) is 0. The molecule has 8 heteroatoms. The molecule has 1 aliphatic rings. The predicted octanol–water partition coefficient (Wildman–Crippen LogP) is 2.37. The van der Waals surface area contributed by atoms with Crippen LogP contribution in [-0.2, 0) is 0 Å². The number of anilines is 1. The minimum absolute atomic E-state index is 0.0643. The first-order chi connectivity index (χ1) is 12.6. The first kappa shape index (κ1) is 16.2. The van der Waals surface area contributed by atoms with E-state index in [0.717, 1.165) is 12.0 Å². The fraction of sp³-hybridized carbons (Fsp3) is 0.222. The maximum atomic E-state index is 13.3. The summed E-state index contributed by atoms with van der Waals surface area (Å²) in [6, 6.07) is 6.92. The van der Waals surface area contributed by atoms with Gasteiger partial charge in [0.2, 0.25) is 0 Å². The van der Waals surface area contributed by atoms with Gasteiger partial charge >= 0.3 is 0 Å². The molecule has 0 spiro atoms. The van der Waals surface area contributed by atoms with Crippen LogP contribution in [0.25, 0.3) is 10.9 Å². The summed E-state index contributed by atoms with van der Waals surface area (Å²) < 4.78 is 18.7. The van der Waals surface area contributed by atoms with Crippen molar-refractivity contribution in [2.24, 2.45) is 10.9 Å². The Morgan fingerprint density at radius 1 is 1.42 bits per heavy atom. The van der Waals surface area contributed by atoms with E-state index in [4.69, 9.17) is 15.9 Å². The van der Waals surface area contributed by atoms with Gasteiger partial charge in [0.05, 0.1) is 13.3 Å². The van der Waals surface area contributed by atoms with Crippen LogP contribution in [0.2, 0.25) is 0 Å². The van der Waals surface area contributed by atoms with Crippen LogP contribution in [0.4, 0.5) is 10.3 Å². The van der Waals surface area contributed by atoms with Crippen molar-refractivity contribution in [1.82, 2.24) is 15.0 Å². The van der Waals surface area contributed by atoms with Gasteiger partial charge in [-0.15, -0.1) is 0 Å². The van der Waals surface area contributed by atoms with Gasteiger partial charge in [-0.3, -0.25) is 10.4 Å². The monoisotopic (exact) mass is 352 g/mol. The van der Waals surface area contributed by atoms with E-state index < -0.39 is 0 Å². The van der Waals surface area contributed by atoms with E-state index in [9.17, 15) is 4.39 Å². The van der Waals surface area contributed by atoms with Crippen LogP contribution in [0.15, 0.2) is 41.7 Å². The van der Waals surface area contributed by atoms with Crippen molar-refractivity contribution >= 4 is 22.7 Å². The quantitative estimate of drug-likeness (QED) is 0.496. The van der Waals surface area contributed by atoms with Crippen LogP contribution in [0.3, 0.4) is 0 Å². The smallest absolute Gasteiger partial charge is 0.199 e. The van der Waals surface area contributed by atoms with Crippen molar-refractivity contribution in [2.75, 3.05) is 12.8 Å². The molecule has 132 valence electrons. The Hall–Kier alpha value is -3.29. The second-order valence-electron chi connectivity index (χ2n) is 6.21. The van der Waals surface area contributed by atoms with Gasteiger partial charge in [-0.2, -0.15) is 0 Å². The van der Waals surface area contributed by atoms with Gasteiger partial charge in [0.15, 0.2) is 5.95 Å². The normalized spacial score (nSPS) is 19.5. The van der Waals surface area contributed by atoms with Crippen LogP contribution in [0.5, 0.6) is 5.75 Å². The zero-order valence-electron chi connectivity index (χ0n) is 14.0. The van der Waals surface area contributed by atoms with Gasteiger partial charge in [-0.1, -0.05) is 6.07 Å². The Morgan fingerprint density at radius 2 is 2.27 bits per heavy atom. The number of aromatic amines is 1. The zero-order valence-corrected chi connectivity index (χ0v) is 14.0. The Morgan fingerprint density at radius 3 is 3.04 bits per heavy atom. The first-order valence-electron chi connectivity index (χ1n) is 8.13. The summed E-state index contributed by atoms with van der Waals surface area (Å²) in [7, 11) is 1.56. The van der Waals surface area contributed by atoms with E-state index in [0.29, 0.717) is 22.1 Å². The highest BCUT2D eigenvalue weighted by Gasteiger charge is 2.42. The Kier molecular flexibility index (Phi) is 3.87. The van der Waals surface area contributed by atoms with Crippen molar-refractivity contribution in [3.8, 4) is 5.75 Å². The third-order valence-corrected chi connectivity index (χ3v) is 4.48. The van der Waals surface area contributed by atoms with Crippen LogP contribution in [-0.4, -0.2) is 27.9 Å². The maximum absolute atomic E-state index is 13.3. The number of ether oxygens (including phenoxy) is 1. The van der Waals surface area contributed by atoms with Crippen LogP contribution in [0.1, 0.15) is 17.9 Å². The highest BCUT2D eigenvalue weighted by atomic mass is 19.1. The van der Waals surface area contributed by atoms with Gasteiger partial charge in [0.1, 0.15) is 28.4 Å². The topological polar surface area (TPSA) is 113 Å². The minimum Gasteiger partial charge on any atom is -0.494 e. The molecule has 1 aliphatic carbocycles. The molecule has 7 nitrogen and oxygen atoms in total. The first-order valence-corrected chi connectivity index (χ1v) is 8.13. The maximum Gasteiger partial charge on any atom is 0.199 e. The number of pyridine rings is 1. The molecule has 0 bridgehead atoms. The lowest BCUT2D eigenvalue weighted by Gasteiger charge is -2.06. The Balaban J connectivity index is 1.70.